The minimum atomic E-state index is -1.49. The third-order valence-electron chi connectivity index (χ3n) is 3.91. The molecular formula is C15H18N2O4S. The van der Waals surface area contributed by atoms with E-state index in [0.29, 0.717) is 29.2 Å². The van der Waals surface area contributed by atoms with Crippen LogP contribution in [0.4, 0.5) is 0 Å². The van der Waals surface area contributed by atoms with Crippen molar-refractivity contribution in [3.8, 4) is 11.8 Å². The molecule has 1 aliphatic carbocycles. The molecule has 2 unspecified atom stereocenters. The summed E-state index contributed by atoms with van der Waals surface area (Å²) in [6, 6.07) is 6.92. The van der Waals surface area contributed by atoms with Crippen molar-refractivity contribution in [3.63, 3.8) is 0 Å². The lowest BCUT2D eigenvalue weighted by atomic mass is 10.1. The number of rotatable bonds is 5. The Labute approximate surface area is 131 Å². The lowest BCUT2D eigenvalue weighted by molar-refractivity contribution is -0.000509. The van der Waals surface area contributed by atoms with Gasteiger partial charge in [-0.1, -0.05) is 0 Å². The second kappa shape index (κ2) is 5.97. The molecular weight excluding hydrogens is 304 g/mol. The Bertz CT molecular complexity index is 641. The van der Waals surface area contributed by atoms with Gasteiger partial charge in [-0.05, 0) is 37.5 Å². The molecule has 2 N–H and O–H groups in total. The molecule has 118 valence electrons. The molecule has 0 radical (unpaired) electrons. The summed E-state index contributed by atoms with van der Waals surface area (Å²) in [5.41, 5.74) is -0.732. The SMILES string of the molecule is N#Cc1ccc(S(=O)N2CCC(O)(CO)C2)c(OC2CC2)c1. The maximum absolute atomic E-state index is 12.8. The molecule has 1 aromatic rings. The first-order chi connectivity index (χ1) is 10.5. The first-order valence-electron chi connectivity index (χ1n) is 7.25. The Morgan fingerprint density at radius 1 is 1.50 bits per heavy atom. The van der Waals surface area contributed by atoms with Gasteiger partial charge >= 0.3 is 0 Å². The average Bonchev–Trinajstić information content (AvgIpc) is 3.26. The van der Waals surface area contributed by atoms with Gasteiger partial charge in [-0.15, -0.1) is 0 Å². The number of ether oxygens (including phenoxy) is 1. The Morgan fingerprint density at radius 3 is 2.86 bits per heavy atom. The highest BCUT2D eigenvalue weighted by atomic mass is 32.2. The fraction of sp³-hybridized carbons (Fsp3) is 0.533. The van der Waals surface area contributed by atoms with Crippen molar-refractivity contribution in [2.75, 3.05) is 19.7 Å². The summed E-state index contributed by atoms with van der Waals surface area (Å²) in [6.45, 7) is 0.241. The minimum Gasteiger partial charge on any atom is -0.489 e. The van der Waals surface area contributed by atoms with Gasteiger partial charge in [0.1, 0.15) is 22.3 Å². The lowest BCUT2D eigenvalue weighted by Gasteiger charge is -2.21. The Kier molecular flexibility index (Phi) is 4.19. The van der Waals surface area contributed by atoms with E-state index in [-0.39, 0.29) is 19.3 Å². The van der Waals surface area contributed by atoms with Crippen molar-refractivity contribution in [2.45, 2.75) is 35.9 Å². The summed E-state index contributed by atoms with van der Waals surface area (Å²) < 4.78 is 20.2. The van der Waals surface area contributed by atoms with Crippen molar-refractivity contribution >= 4 is 11.0 Å². The van der Waals surface area contributed by atoms with Crippen LogP contribution >= 0.6 is 0 Å². The van der Waals surface area contributed by atoms with E-state index in [1.54, 1.807) is 22.5 Å². The highest BCUT2D eigenvalue weighted by Gasteiger charge is 2.39. The Balaban J connectivity index is 1.84. The van der Waals surface area contributed by atoms with E-state index in [4.69, 9.17) is 10.00 Å². The summed E-state index contributed by atoms with van der Waals surface area (Å²) in [5.74, 6) is 0.472. The van der Waals surface area contributed by atoms with Crippen LogP contribution in [0.15, 0.2) is 23.1 Å². The monoisotopic (exact) mass is 322 g/mol. The second-order valence-electron chi connectivity index (χ2n) is 5.84. The number of β-amino-alcohol motifs (C(OH)–C–C–N with tert-alkyl or cyclic N) is 1. The second-order valence-corrected chi connectivity index (χ2v) is 7.29. The van der Waals surface area contributed by atoms with Crippen molar-refractivity contribution in [1.29, 1.82) is 5.26 Å². The summed E-state index contributed by atoms with van der Waals surface area (Å²) in [7, 11) is -1.49. The van der Waals surface area contributed by atoms with Gasteiger partial charge in [0.2, 0.25) is 0 Å². The maximum Gasteiger partial charge on any atom is 0.138 e. The summed E-state index contributed by atoms with van der Waals surface area (Å²) >= 11 is 0. The van der Waals surface area contributed by atoms with Gasteiger partial charge in [-0.25, -0.2) is 8.51 Å². The number of hydrogen-bond acceptors (Lipinski definition) is 5. The number of aliphatic hydroxyl groups excluding tert-OH is 1. The molecule has 6 nitrogen and oxygen atoms in total. The van der Waals surface area contributed by atoms with Gasteiger partial charge in [0.05, 0.1) is 29.2 Å². The zero-order chi connectivity index (χ0) is 15.7. The van der Waals surface area contributed by atoms with Crippen molar-refractivity contribution in [1.82, 2.24) is 4.31 Å². The van der Waals surface area contributed by atoms with Crippen molar-refractivity contribution < 1.29 is 19.2 Å². The normalized spacial score (nSPS) is 26.6. The minimum absolute atomic E-state index is 0.137. The van der Waals surface area contributed by atoms with Crippen LogP contribution in [-0.2, 0) is 11.0 Å². The molecule has 1 aliphatic heterocycles. The number of benzene rings is 1. The molecule has 0 spiro atoms. The van der Waals surface area contributed by atoms with Crippen molar-refractivity contribution in [3.05, 3.63) is 23.8 Å². The first kappa shape index (κ1) is 15.4. The highest BCUT2D eigenvalue weighted by Crippen LogP contribution is 2.34. The molecule has 0 bridgehead atoms. The molecule has 0 aromatic heterocycles. The van der Waals surface area contributed by atoms with E-state index >= 15 is 0 Å². The molecule has 7 heteroatoms. The molecule has 0 amide bonds. The summed E-state index contributed by atoms with van der Waals surface area (Å²) in [5, 5.41) is 28.3. The standard InChI is InChI=1S/C15H18N2O4S/c16-8-11-1-4-14(13(7-11)21-12-2-3-12)22(20)17-6-5-15(19,9-17)10-18/h1,4,7,12,18-19H,2-3,5-6,9-10H2. The first-order valence-corrected chi connectivity index (χ1v) is 8.36. The van der Waals surface area contributed by atoms with Crippen LogP contribution in [0.5, 0.6) is 5.75 Å². The van der Waals surface area contributed by atoms with E-state index in [1.807, 2.05) is 0 Å². The van der Waals surface area contributed by atoms with Gasteiger partial charge in [-0.3, -0.25) is 0 Å². The molecule has 1 aromatic carbocycles. The van der Waals surface area contributed by atoms with Crippen LogP contribution < -0.4 is 4.74 Å². The van der Waals surface area contributed by atoms with E-state index in [9.17, 15) is 14.4 Å². The smallest absolute Gasteiger partial charge is 0.138 e. The van der Waals surface area contributed by atoms with Crippen LogP contribution in [0, 0.1) is 11.3 Å². The predicted molar refractivity (Wildman–Crippen MR) is 79.4 cm³/mol. The van der Waals surface area contributed by atoms with Gasteiger partial charge in [0.15, 0.2) is 0 Å². The molecule has 3 rings (SSSR count). The van der Waals surface area contributed by atoms with Gasteiger partial charge in [0.25, 0.3) is 0 Å². The van der Waals surface area contributed by atoms with Crippen LogP contribution in [0.3, 0.4) is 0 Å². The Hall–Kier alpha value is -1.46. The zero-order valence-electron chi connectivity index (χ0n) is 12.1. The van der Waals surface area contributed by atoms with Gasteiger partial charge in [-0.2, -0.15) is 5.26 Å². The summed E-state index contributed by atoms with van der Waals surface area (Å²) in [6.07, 6.45) is 2.45. The van der Waals surface area contributed by atoms with E-state index < -0.39 is 16.6 Å². The van der Waals surface area contributed by atoms with Crippen LogP contribution in [-0.4, -0.2) is 50.1 Å². The zero-order valence-corrected chi connectivity index (χ0v) is 12.9. The predicted octanol–water partition coefficient (Wildman–Crippen LogP) is 0.551. The lowest BCUT2D eigenvalue weighted by Crippen LogP contribution is -2.37. The number of nitriles is 1. The molecule has 22 heavy (non-hydrogen) atoms. The third-order valence-corrected chi connectivity index (χ3v) is 5.40. The van der Waals surface area contributed by atoms with Crippen LogP contribution in [0.2, 0.25) is 0 Å². The Morgan fingerprint density at radius 2 is 2.27 bits per heavy atom. The largest absolute Gasteiger partial charge is 0.489 e. The molecule has 2 fully saturated rings. The third kappa shape index (κ3) is 3.15. The molecule has 2 aliphatic rings. The quantitative estimate of drug-likeness (QED) is 0.826. The highest BCUT2D eigenvalue weighted by molar-refractivity contribution is 7.82. The van der Waals surface area contributed by atoms with E-state index in [2.05, 4.69) is 6.07 Å². The van der Waals surface area contributed by atoms with Gasteiger partial charge < -0.3 is 14.9 Å². The fourth-order valence-electron chi connectivity index (χ4n) is 2.41. The molecule has 2 atom stereocenters. The average molecular weight is 322 g/mol. The number of aliphatic hydroxyl groups is 2. The molecule has 1 saturated carbocycles. The number of hydrogen-bond donors (Lipinski definition) is 2. The van der Waals surface area contributed by atoms with E-state index in [1.165, 1.54) is 0 Å². The maximum atomic E-state index is 12.8. The topological polar surface area (TPSA) is 93.8 Å². The van der Waals surface area contributed by atoms with Crippen molar-refractivity contribution in [2.24, 2.45) is 0 Å². The van der Waals surface area contributed by atoms with Crippen LogP contribution in [0.25, 0.3) is 0 Å². The molecule has 1 saturated heterocycles. The van der Waals surface area contributed by atoms with Gasteiger partial charge in [0, 0.05) is 13.1 Å². The van der Waals surface area contributed by atoms with E-state index in [0.717, 1.165) is 12.8 Å². The van der Waals surface area contributed by atoms with Crippen LogP contribution in [0.1, 0.15) is 24.8 Å². The summed E-state index contributed by atoms with van der Waals surface area (Å²) in [4.78, 5) is 0.507. The molecule has 1 heterocycles. The fourth-order valence-corrected chi connectivity index (χ4v) is 3.76. The number of nitrogens with zero attached hydrogens (tertiary/aromatic N) is 2.